The van der Waals surface area contributed by atoms with Crippen LogP contribution in [0.25, 0.3) is 0 Å². The van der Waals surface area contributed by atoms with Crippen LogP contribution < -0.4 is 0 Å². The third kappa shape index (κ3) is 4.65. The number of halogens is 3. The van der Waals surface area contributed by atoms with Gasteiger partial charge in [-0.1, -0.05) is 66.7 Å². The summed E-state index contributed by atoms with van der Waals surface area (Å²) in [5.41, 5.74) is 1.09. The van der Waals surface area contributed by atoms with Crippen molar-refractivity contribution in [3.8, 4) is 0 Å². The van der Waals surface area contributed by atoms with Crippen LogP contribution >= 0.6 is 0 Å². The lowest BCUT2D eigenvalue weighted by atomic mass is 10.1. The highest BCUT2D eigenvalue weighted by Gasteiger charge is 2.36. The fraction of sp³-hybridized carbons (Fsp3) is 0.222. The first-order valence-corrected chi connectivity index (χ1v) is 7.03. The van der Waals surface area contributed by atoms with E-state index in [-0.39, 0.29) is 13.0 Å². The molecule has 0 N–H and O–H groups in total. The van der Waals surface area contributed by atoms with Crippen LogP contribution in [0, 0.1) is 0 Å². The molecule has 0 atom stereocenters. The topological polar surface area (TPSA) is 3.24 Å². The summed E-state index contributed by atoms with van der Waals surface area (Å²) in [5.74, 6) is 0. The Bertz CT molecular complexity index is 603. The third-order valence-electron chi connectivity index (χ3n) is 3.34. The molecule has 0 unspecified atom stereocenters. The van der Waals surface area contributed by atoms with Crippen molar-refractivity contribution in [1.82, 2.24) is 4.90 Å². The molecule has 0 aliphatic carbocycles. The van der Waals surface area contributed by atoms with E-state index in [0.717, 1.165) is 11.1 Å². The summed E-state index contributed by atoms with van der Waals surface area (Å²) in [4.78, 5) is 1.25. The third-order valence-corrected chi connectivity index (χ3v) is 3.34. The summed E-state index contributed by atoms with van der Waals surface area (Å²) in [7, 11) is 1.47. The highest BCUT2D eigenvalue weighted by Crippen LogP contribution is 2.29. The quantitative estimate of drug-likeness (QED) is 0.766. The predicted octanol–water partition coefficient (Wildman–Crippen LogP) is 4.81. The Labute approximate surface area is 128 Å². The van der Waals surface area contributed by atoms with E-state index in [1.165, 1.54) is 18.0 Å². The Hall–Kier alpha value is -2.23. The minimum Gasteiger partial charge on any atom is -0.367 e. The summed E-state index contributed by atoms with van der Waals surface area (Å²) in [5, 5.41) is 0. The molecule has 2 aromatic rings. The van der Waals surface area contributed by atoms with Gasteiger partial charge in [0.2, 0.25) is 0 Å². The van der Waals surface area contributed by atoms with Gasteiger partial charge in [0, 0.05) is 13.6 Å². The largest absolute Gasteiger partial charge is 0.430 e. The van der Waals surface area contributed by atoms with Gasteiger partial charge in [0.1, 0.15) is 5.70 Å². The maximum absolute atomic E-state index is 13.3. The fourth-order valence-electron chi connectivity index (χ4n) is 2.26. The molecule has 0 amide bonds. The van der Waals surface area contributed by atoms with E-state index in [4.69, 9.17) is 0 Å². The van der Waals surface area contributed by atoms with E-state index in [2.05, 4.69) is 0 Å². The van der Waals surface area contributed by atoms with Crippen LogP contribution in [0.5, 0.6) is 0 Å². The van der Waals surface area contributed by atoms with Gasteiger partial charge in [-0.2, -0.15) is 13.2 Å². The zero-order valence-electron chi connectivity index (χ0n) is 12.3. The van der Waals surface area contributed by atoms with Crippen LogP contribution in [0.3, 0.4) is 0 Å². The Balaban J connectivity index is 2.15. The van der Waals surface area contributed by atoms with Gasteiger partial charge in [0.15, 0.2) is 0 Å². The van der Waals surface area contributed by atoms with Crippen LogP contribution in [-0.4, -0.2) is 18.1 Å². The molecule has 0 bridgehead atoms. The SMILES string of the molecule is CN(Cc1ccccc1)/C(=C/Cc1ccccc1)C(F)(F)F. The van der Waals surface area contributed by atoms with Crippen LogP contribution in [0.4, 0.5) is 13.2 Å². The second-order valence-electron chi connectivity index (χ2n) is 5.12. The Morgan fingerprint density at radius 1 is 0.909 bits per heavy atom. The van der Waals surface area contributed by atoms with E-state index in [9.17, 15) is 13.2 Å². The van der Waals surface area contributed by atoms with Crippen molar-refractivity contribution < 1.29 is 13.2 Å². The van der Waals surface area contributed by atoms with Crippen molar-refractivity contribution in [3.63, 3.8) is 0 Å². The van der Waals surface area contributed by atoms with Gasteiger partial charge >= 0.3 is 6.18 Å². The Morgan fingerprint density at radius 2 is 1.41 bits per heavy atom. The average Bonchev–Trinajstić information content (AvgIpc) is 2.48. The number of nitrogens with zero attached hydrogens (tertiary/aromatic N) is 1. The van der Waals surface area contributed by atoms with Crippen molar-refractivity contribution in [2.45, 2.75) is 19.1 Å². The lowest BCUT2D eigenvalue weighted by Gasteiger charge is -2.25. The zero-order valence-corrected chi connectivity index (χ0v) is 12.3. The van der Waals surface area contributed by atoms with Gasteiger partial charge < -0.3 is 4.90 Å². The van der Waals surface area contributed by atoms with Crippen LogP contribution in [0.1, 0.15) is 11.1 Å². The second kappa shape index (κ2) is 7.16. The zero-order chi connectivity index (χ0) is 16.0. The minimum atomic E-state index is -4.36. The van der Waals surface area contributed by atoms with Gasteiger partial charge in [-0.05, 0) is 17.5 Å². The van der Waals surface area contributed by atoms with E-state index in [0.29, 0.717) is 0 Å². The number of hydrogen-bond donors (Lipinski definition) is 0. The molecule has 1 nitrogen and oxygen atoms in total. The van der Waals surface area contributed by atoms with Gasteiger partial charge in [-0.3, -0.25) is 0 Å². The standard InChI is InChI=1S/C18H18F3N/c1-22(14-16-10-6-3-7-11-16)17(18(19,20)21)13-12-15-8-4-2-5-9-15/h2-11,13H,12,14H2,1H3/b17-13+. The molecule has 2 aromatic carbocycles. The summed E-state index contributed by atoms with van der Waals surface area (Å²) in [6.45, 7) is 0.223. The van der Waals surface area contributed by atoms with E-state index < -0.39 is 11.9 Å². The first-order chi connectivity index (χ1) is 10.5. The molecule has 0 fully saturated rings. The lowest BCUT2D eigenvalue weighted by Crippen LogP contribution is -2.28. The number of allylic oxidation sites excluding steroid dienone is 2. The smallest absolute Gasteiger partial charge is 0.367 e. The number of alkyl halides is 3. The molecule has 2 rings (SSSR count). The molecule has 4 heteroatoms. The molecule has 0 aliphatic heterocycles. The van der Waals surface area contributed by atoms with Gasteiger partial charge in [0.05, 0.1) is 0 Å². The maximum atomic E-state index is 13.3. The maximum Gasteiger partial charge on any atom is 0.430 e. The minimum absolute atomic E-state index is 0.223. The molecule has 0 spiro atoms. The van der Waals surface area contributed by atoms with Crippen molar-refractivity contribution in [3.05, 3.63) is 83.6 Å². The molecule has 0 saturated heterocycles. The molecule has 0 radical (unpaired) electrons. The number of hydrogen-bond acceptors (Lipinski definition) is 1. The summed E-state index contributed by atoms with van der Waals surface area (Å²) in [6.07, 6.45) is -2.86. The highest BCUT2D eigenvalue weighted by atomic mass is 19.4. The monoisotopic (exact) mass is 305 g/mol. The normalized spacial score (nSPS) is 12.3. The van der Waals surface area contributed by atoms with E-state index in [1.807, 2.05) is 60.7 Å². The van der Waals surface area contributed by atoms with Crippen LogP contribution in [0.15, 0.2) is 72.4 Å². The summed E-state index contributed by atoms with van der Waals surface area (Å²) >= 11 is 0. The van der Waals surface area contributed by atoms with E-state index >= 15 is 0 Å². The average molecular weight is 305 g/mol. The molecule has 0 aromatic heterocycles. The van der Waals surface area contributed by atoms with Gasteiger partial charge in [-0.15, -0.1) is 0 Å². The molecular weight excluding hydrogens is 287 g/mol. The van der Waals surface area contributed by atoms with Crippen LogP contribution in [0.2, 0.25) is 0 Å². The molecular formula is C18H18F3N. The van der Waals surface area contributed by atoms with Gasteiger partial charge in [0.25, 0.3) is 0 Å². The number of benzene rings is 2. The van der Waals surface area contributed by atoms with Crippen molar-refractivity contribution >= 4 is 0 Å². The first-order valence-electron chi connectivity index (χ1n) is 7.03. The molecule has 0 aliphatic rings. The summed E-state index contributed by atoms with van der Waals surface area (Å²) in [6, 6.07) is 18.3. The second-order valence-corrected chi connectivity index (χ2v) is 5.12. The Morgan fingerprint density at radius 3 is 1.91 bits per heavy atom. The Kier molecular flexibility index (Phi) is 5.26. The van der Waals surface area contributed by atoms with E-state index in [1.54, 1.807) is 0 Å². The first kappa shape index (κ1) is 16.1. The summed E-state index contributed by atoms with van der Waals surface area (Å²) < 4.78 is 39.8. The van der Waals surface area contributed by atoms with Crippen molar-refractivity contribution in [2.24, 2.45) is 0 Å². The van der Waals surface area contributed by atoms with Gasteiger partial charge in [-0.25, -0.2) is 0 Å². The number of rotatable bonds is 5. The van der Waals surface area contributed by atoms with Crippen molar-refractivity contribution in [1.29, 1.82) is 0 Å². The molecule has 0 saturated carbocycles. The fourth-order valence-corrected chi connectivity index (χ4v) is 2.26. The van der Waals surface area contributed by atoms with Crippen molar-refractivity contribution in [2.75, 3.05) is 7.05 Å². The molecule has 116 valence electrons. The highest BCUT2D eigenvalue weighted by molar-refractivity contribution is 5.21. The lowest BCUT2D eigenvalue weighted by molar-refractivity contribution is -0.110. The van der Waals surface area contributed by atoms with Crippen LogP contribution in [-0.2, 0) is 13.0 Å². The molecule has 22 heavy (non-hydrogen) atoms. The predicted molar refractivity (Wildman–Crippen MR) is 82.2 cm³/mol. The molecule has 0 heterocycles.